The Bertz CT molecular complexity index is 1680. The van der Waals surface area contributed by atoms with Gasteiger partial charge in [-0.1, -0.05) is 62.6 Å². The number of phenols is 1. The maximum atomic E-state index is 10.5. The van der Waals surface area contributed by atoms with Crippen LogP contribution in [0.5, 0.6) is 5.75 Å². The number of aromatic hydroxyl groups is 1. The Kier molecular flexibility index (Phi) is 6.26. The van der Waals surface area contributed by atoms with Crippen LogP contribution in [0.3, 0.4) is 0 Å². The van der Waals surface area contributed by atoms with Crippen LogP contribution < -0.4 is 5.55 Å². The number of phenolic OH excluding ortho intramolecular Hbond substituents is 1. The SMILES string of the molecule is CCCCCCc1cc2cc(-c3nc(-c4ccc5c(c4)Cc4ccccc4-5)cs3)c(=NO)oc2cc1O. The van der Waals surface area contributed by atoms with Crippen LogP contribution in [0.25, 0.3) is 43.9 Å². The maximum absolute atomic E-state index is 10.5. The molecule has 2 heterocycles. The van der Waals surface area contributed by atoms with Crippen molar-refractivity contribution in [3.05, 3.63) is 88.3 Å². The van der Waals surface area contributed by atoms with E-state index in [2.05, 4.69) is 54.5 Å². The highest BCUT2D eigenvalue weighted by Crippen LogP contribution is 2.39. The zero-order valence-electron chi connectivity index (χ0n) is 20.7. The van der Waals surface area contributed by atoms with Gasteiger partial charge >= 0.3 is 0 Å². The van der Waals surface area contributed by atoms with Gasteiger partial charge in [-0.05, 0) is 70.4 Å². The van der Waals surface area contributed by atoms with E-state index in [0.717, 1.165) is 52.9 Å². The molecule has 6 heteroatoms. The van der Waals surface area contributed by atoms with Crippen LogP contribution in [0.2, 0.25) is 0 Å². The number of hydrogen-bond acceptors (Lipinski definition) is 6. The summed E-state index contributed by atoms with van der Waals surface area (Å²) in [6.45, 7) is 2.19. The molecule has 0 bridgehead atoms. The van der Waals surface area contributed by atoms with Crippen molar-refractivity contribution < 1.29 is 14.7 Å². The fraction of sp³-hybridized carbons (Fsp3) is 0.226. The molecule has 0 radical (unpaired) electrons. The van der Waals surface area contributed by atoms with E-state index in [1.165, 1.54) is 46.4 Å². The summed E-state index contributed by atoms with van der Waals surface area (Å²) in [6.07, 6.45) is 6.28. The highest BCUT2D eigenvalue weighted by Gasteiger charge is 2.19. The smallest absolute Gasteiger partial charge is 0.265 e. The minimum Gasteiger partial charge on any atom is -0.508 e. The predicted molar refractivity (Wildman–Crippen MR) is 148 cm³/mol. The molecule has 2 aromatic heterocycles. The molecule has 0 saturated carbocycles. The van der Waals surface area contributed by atoms with Gasteiger partial charge in [-0.25, -0.2) is 4.98 Å². The van der Waals surface area contributed by atoms with Crippen molar-refractivity contribution in [1.82, 2.24) is 4.98 Å². The molecule has 1 aliphatic rings. The molecule has 0 aliphatic heterocycles. The third kappa shape index (κ3) is 4.42. The Balaban J connectivity index is 1.34. The van der Waals surface area contributed by atoms with Crippen molar-refractivity contribution in [2.75, 3.05) is 0 Å². The summed E-state index contributed by atoms with van der Waals surface area (Å²) in [5, 5.41) is 27.2. The van der Waals surface area contributed by atoms with Gasteiger partial charge in [-0.2, -0.15) is 0 Å². The molecule has 0 amide bonds. The predicted octanol–water partition coefficient (Wildman–Crippen LogP) is 7.91. The monoisotopic (exact) mass is 508 g/mol. The van der Waals surface area contributed by atoms with Crippen LogP contribution in [0.15, 0.2) is 75.6 Å². The van der Waals surface area contributed by atoms with Crippen LogP contribution in [0.4, 0.5) is 0 Å². The Hall–Kier alpha value is -3.90. The minimum absolute atomic E-state index is 0.0768. The van der Waals surface area contributed by atoms with Crippen molar-refractivity contribution in [2.24, 2.45) is 5.16 Å². The van der Waals surface area contributed by atoms with E-state index >= 15 is 0 Å². The molecule has 5 nitrogen and oxygen atoms in total. The molecule has 3 aromatic carbocycles. The molecule has 37 heavy (non-hydrogen) atoms. The van der Waals surface area contributed by atoms with Gasteiger partial charge in [0, 0.05) is 22.4 Å². The number of aromatic nitrogens is 1. The molecule has 0 unspecified atom stereocenters. The largest absolute Gasteiger partial charge is 0.508 e. The summed E-state index contributed by atoms with van der Waals surface area (Å²) in [5.74, 6) is 0.208. The number of nitrogens with zero attached hydrogens (tertiary/aromatic N) is 2. The zero-order chi connectivity index (χ0) is 25.4. The van der Waals surface area contributed by atoms with Gasteiger partial charge in [0.05, 0.1) is 11.3 Å². The van der Waals surface area contributed by atoms with Gasteiger partial charge in [0.15, 0.2) is 0 Å². The summed E-state index contributed by atoms with van der Waals surface area (Å²) in [4.78, 5) is 4.89. The van der Waals surface area contributed by atoms with Gasteiger partial charge in [-0.3, -0.25) is 0 Å². The lowest BCUT2D eigenvalue weighted by Crippen LogP contribution is -2.05. The molecular weight excluding hydrogens is 480 g/mol. The van der Waals surface area contributed by atoms with Crippen molar-refractivity contribution >= 4 is 22.3 Å². The number of rotatable bonds is 7. The van der Waals surface area contributed by atoms with Gasteiger partial charge in [0.25, 0.3) is 5.55 Å². The second-order valence-electron chi connectivity index (χ2n) is 9.64. The number of hydrogen-bond donors (Lipinski definition) is 2. The number of unbranched alkanes of at least 4 members (excludes halogenated alkanes) is 3. The molecule has 186 valence electrons. The number of benzene rings is 3. The molecule has 5 aromatic rings. The van der Waals surface area contributed by atoms with Crippen LogP contribution in [0.1, 0.15) is 49.3 Å². The van der Waals surface area contributed by atoms with Crippen LogP contribution >= 0.6 is 11.3 Å². The van der Waals surface area contributed by atoms with E-state index in [0.29, 0.717) is 11.1 Å². The van der Waals surface area contributed by atoms with E-state index in [4.69, 9.17) is 9.40 Å². The topological polar surface area (TPSA) is 78.9 Å². The average molecular weight is 509 g/mol. The van der Waals surface area contributed by atoms with Crippen LogP contribution in [-0.2, 0) is 12.8 Å². The third-order valence-electron chi connectivity index (χ3n) is 7.16. The van der Waals surface area contributed by atoms with Crippen molar-refractivity contribution in [3.8, 4) is 38.7 Å². The molecule has 0 saturated heterocycles. The zero-order valence-corrected chi connectivity index (χ0v) is 21.5. The summed E-state index contributed by atoms with van der Waals surface area (Å²) < 4.78 is 5.88. The summed E-state index contributed by atoms with van der Waals surface area (Å²) in [7, 11) is 0. The summed E-state index contributed by atoms with van der Waals surface area (Å²) >= 11 is 1.49. The normalized spacial score (nSPS) is 12.7. The standard InChI is InChI=1S/C31H28N2O3S/c1-2-3-4-5-9-21-15-23-16-26(30(33-35)36-29(23)17-28(21)34)31-32-27(18-37-31)20-11-12-25-22(14-20)13-19-8-6-7-10-24(19)25/h6-8,10-12,14-18,34-35H,2-5,9,13H2,1H3. The second kappa shape index (κ2) is 9.87. The average Bonchev–Trinajstić information content (AvgIpc) is 3.55. The lowest BCUT2D eigenvalue weighted by atomic mass is 10.0. The van der Waals surface area contributed by atoms with E-state index in [1.807, 2.05) is 17.5 Å². The highest BCUT2D eigenvalue weighted by molar-refractivity contribution is 7.13. The van der Waals surface area contributed by atoms with Crippen LogP contribution in [0, 0.1) is 0 Å². The Morgan fingerprint density at radius 2 is 1.81 bits per heavy atom. The van der Waals surface area contributed by atoms with Crippen LogP contribution in [-0.4, -0.2) is 15.3 Å². The lowest BCUT2D eigenvalue weighted by Gasteiger charge is -2.08. The van der Waals surface area contributed by atoms with E-state index in [9.17, 15) is 10.3 Å². The van der Waals surface area contributed by atoms with Gasteiger partial charge in [0.2, 0.25) is 0 Å². The van der Waals surface area contributed by atoms with Crippen molar-refractivity contribution in [1.29, 1.82) is 0 Å². The molecule has 2 N–H and O–H groups in total. The van der Waals surface area contributed by atoms with Crippen molar-refractivity contribution in [3.63, 3.8) is 0 Å². The first-order valence-corrected chi connectivity index (χ1v) is 13.7. The molecule has 6 rings (SSSR count). The first-order chi connectivity index (χ1) is 18.1. The minimum atomic E-state index is 0.0768. The Morgan fingerprint density at radius 1 is 0.946 bits per heavy atom. The van der Waals surface area contributed by atoms with E-state index in [1.54, 1.807) is 6.07 Å². The number of thiazole rings is 1. The lowest BCUT2D eigenvalue weighted by molar-refractivity contribution is 0.277. The first-order valence-electron chi connectivity index (χ1n) is 12.8. The van der Waals surface area contributed by atoms with E-state index in [-0.39, 0.29) is 11.3 Å². The molecule has 0 spiro atoms. The Morgan fingerprint density at radius 3 is 2.68 bits per heavy atom. The molecule has 0 atom stereocenters. The quantitative estimate of drug-likeness (QED) is 0.130. The Labute approximate surface area is 219 Å². The number of fused-ring (bicyclic) bond motifs is 4. The second-order valence-corrected chi connectivity index (χ2v) is 10.5. The fourth-order valence-corrected chi connectivity index (χ4v) is 6.05. The molecule has 0 fully saturated rings. The van der Waals surface area contributed by atoms with Gasteiger partial charge < -0.3 is 14.7 Å². The van der Waals surface area contributed by atoms with Crippen molar-refractivity contribution in [2.45, 2.75) is 45.4 Å². The maximum Gasteiger partial charge on any atom is 0.265 e. The number of aryl methyl sites for hydroxylation is 1. The van der Waals surface area contributed by atoms with Gasteiger partial charge in [-0.15, -0.1) is 11.3 Å². The third-order valence-corrected chi connectivity index (χ3v) is 8.04. The summed E-state index contributed by atoms with van der Waals surface area (Å²) in [5.41, 5.74) is 9.29. The van der Waals surface area contributed by atoms with Gasteiger partial charge in [0.1, 0.15) is 16.3 Å². The first kappa shape index (κ1) is 23.5. The molecular formula is C31H28N2O3S. The highest BCUT2D eigenvalue weighted by atomic mass is 32.1. The summed E-state index contributed by atoms with van der Waals surface area (Å²) in [6, 6.07) is 20.6. The molecule has 1 aliphatic carbocycles. The van der Waals surface area contributed by atoms with E-state index < -0.39 is 0 Å². The fourth-order valence-electron chi connectivity index (χ4n) is 5.21.